The van der Waals surface area contributed by atoms with E-state index in [4.69, 9.17) is 14.2 Å². The number of aromatic nitrogens is 1. The van der Waals surface area contributed by atoms with Crippen molar-refractivity contribution in [1.82, 2.24) is 4.98 Å². The van der Waals surface area contributed by atoms with Gasteiger partial charge >= 0.3 is 5.97 Å². The van der Waals surface area contributed by atoms with Crippen LogP contribution in [0, 0.1) is 5.82 Å². The standard InChI is InChI=1S/C15H14FNO4/c1-19-13-5-4-12(16)7-11(13)9-21-15(18)10-3-6-14(20-2)17-8-10/h3-8H,9H2,1-2H3. The molecule has 2 aromatic rings. The molecule has 2 rings (SSSR count). The summed E-state index contributed by atoms with van der Waals surface area (Å²) in [4.78, 5) is 15.8. The van der Waals surface area contributed by atoms with Crippen LogP contribution in [0.3, 0.4) is 0 Å². The maximum absolute atomic E-state index is 13.2. The average molecular weight is 291 g/mol. The highest BCUT2D eigenvalue weighted by Crippen LogP contribution is 2.20. The number of carbonyl (C=O) groups excluding carboxylic acids is 1. The second-order valence-electron chi connectivity index (χ2n) is 4.12. The SMILES string of the molecule is COc1ccc(C(=O)OCc2cc(F)ccc2OC)cn1. The van der Waals surface area contributed by atoms with Crippen molar-refractivity contribution in [2.45, 2.75) is 6.61 Å². The Hall–Kier alpha value is -2.63. The van der Waals surface area contributed by atoms with E-state index in [1.807, 2.05) is 0 Å². The van der Waals surface area contributed by atoms with Gasteiger partial charge in [-0.3, -0.25) is 0 Å². The lowest BCUT2D eigenvalue weighted by atomic mass is 10.2. The van der Waals surface area contributed by atoms with Crippen LogP contribution in [0.2, 0.25) is 0 Å². The molecule has 0 aliphatic heterocycles. The first kappa shape index (κ1) is 14.8. The predicted octanol–water partition coefficient (Wildman–Crippen LogP) is 2.59. The lowest BCUT2D eigenvalue weighted by molar-refractivity contribution is 0.0469. The summed E-state index contributed by atoms with van der Waals surface area (Å²) < 4.78 is 28.3. The molecule has 110 valence electrons. The normalized spacial score (nSPS) is 10.0. The van der Waals surface area contributed by atoms with Crippen molar-refractivity contribution >= 4 is 5.97 Å². The zero-order valence-electron chi connectivity index (χ0n) is 11.6. The Balaban J connectivity index is 2.05. The van der Waals surface area contributed by atoms with Gasteiger partial charge in [-0.15, -0.1) is 0 Å². The number of methoxy groups -OCH3 is 2. The third kappa shape index (κ3) is 3.68. The zero-order valence-corrected chi connectivity index (χ0v) is 11.6. The van der Waals surface area contributed by atoms with Crippen molar-refractivity contribution in [3.05, 3.63) is 53.5 Å². The molecule has 0 atom stereocenters. The van der Waals surface area contributed by atoms with E-state index in [-0.39, 0.29) is 12.2 Å². The van der Waals surface area contributed by atoms with Crippen LogP contribution in [0.4, 0.5) is 4.39 Å². The first-order valence-corrected chi connectivity index (χ1v) is 6.13. The van der Waals surface area contributed by atoms with Gasteiger partial charge in [0.1, 0.15) is 18.2 Å². The molecule has 0 bridgehead atoms. The van der Waals surface area contributed by atoms with Crippen LogP contribution in [-0.4, -0.2) is 25.2 Å². The lowest BCUT2D eigenvalue weighted by Crippen LogP contribution is -2.07. The van der Waals surface area contributed by atoms with Gasteiger partial charge in [0.2, 0.25) is 5.88 Å². The monoisotopic (exact) mass is 291 g/mol. The molecule has 0 saturated heterocycles. The van der Waals surface area contributed by atoms with E-state index in [1.165, 1.54) is 44.7 Å². The molecule has 5 nitrogen and oxygen atoms in total. The summed E-state index contributed by atoms with van der Waals surface area (Å²) in [5.74, 6) is -0.125. The van der Waals surface area contributed by atoms with Crippen molar-refractivity contribution in [1.29, 1.82) is 0 Å². The molecule has 0 aliphatic rings. The van der Waals surface area contributed by atoms with Crippen LogP contribution in [0.1, 0.15) is 15.9 Å². The van der Waals surface area contributed by atoms with Crippen LogP contribution in [-0.2, 0) is 11.3 Å². The minimum Gasteiger partial charge on any atom is -0.496 e. The van der Waals surface area contributed by atoms with E-state index in [2.05, 4.69) is 4.98 Å². The zero-order chi connectivity index (χ0) is 15.2. The molecule has 0 N–H and O–H groups in total. The Bertz CT molecular complexity index is 628. The number of rotatable bonds is 5. The highest BCUT2D eigenvalue weighted by atomic mass is 19.1. The molecular weight excluding hydrogens is 277 g/mol. The first-order valence-electron chi connectivity index (χ1n) is 6.13. The van der Waals surface area contributed by atoms with Gasteiger partial charge in [-0.25, -0.2) is 14.2 Å². The third-order valence-corrected chi connectivity index (χ3v) is 2.78. The van der Waals surface area contributed by atoms with Gasteiger partial charge in [0.15, 0.2) is 0 Å². The minimum absolute atomic E-state index is 0.0915. The first-order chi connectivity index (χ1) is 10.1. The Morgan fingerprint density at radius 1 is 1.19 bits per heavy atom. The van der Waals surface area contributed by atoms with Crippen LogP contribution in [0.15, 0.2) is 36.5 Å². The molecule has 1 aromatic heterocycles. The van der Waals surface area contributed by atoms with Gasteiger partial charge in [0.05, 0.1) is 19.8 Å². The van der Waals surface area contributed by atoms with Crippen molar-refractivity contribution in [3.63, 3.8) is 0 Å². The summed E-state index contributed by atoms with van der Waals surface area (Å²) in [5.41, 5.74) is 0.735. The van der Waals surface area contributed by atoms with E-state index >= 15 is 0 Å². The Morgan fingerprint density at radius 2 is 2.00 bits per heavy atom. The number of pyridine rings is 1. The van der Waals surface area contributed by atoms with Gasteiger partial charge in [-0.2, -0.15) is 0 Å². The van der Waals surface area contributed by atoms with E-state index in [0.717, 1.165) is 0 Å². The maximum Gasteiger partial charge on any atom is 0.340 e. The van der Waals surface area contributed by atoms with Crippen LogP contribution in [0.5, 0.6) is 11.6 Å². The van der Waals surface area contributed by atoms with Crippen LogP contribution >= 0.6 is 0 Å². The number of hydrogen-bond donors (Lipinski definition) is 0. The second kappa shape index (κ2) is 6.69. The summed E-state index contributed by atoms with van der Waals surface area (Å²) in [6.45, 7) is -0.0915. The molecule has 1 heterocycles. The third-order valence-electron chi connectivity index (χ3n) is 2.78. The van der Waals surface area contributed by atoms with E-state index < -0.39 is 11.8 Å². The van der Waals surface area contributed by atoms with Crippen molar-refractivity contribution in [3.8, 4) is 11.6 Å². The Kier molecular flexibility index (Phi) is 4.71. The number of benzene rings is 1. The number of halogens is 1. The van der Waals surface area contributed by atoms with Crippen molar-refractivity contribution in [2.24, 2.45) is 0 Å². The fraction of sp³-hybridized carbons (Fsp3) is 0.200. The molecule has 21 heavy (non-hydrogen) atoms. The molecule has 0 saturated carbocycles. The molecule has 0 fully saturated rings. The van der Waals surface area contributed by atoms with Gasteiger partial charge in [-0.05, 0) is 24.3 Å². The molecule has 6 heteroatoms. The largest absolute Gasteiger partial charge is 0.496 e. The highest BCUT2D eigenvalue weighted by molar-refractivity contribution is 5.89. The average Bonchev–Trinajstić information content (AvgIpc) is 2.52. The van der Waals surface area contributed by atoms with Gasteiger partial charge in [0, 0.05) is 17.8 Å². The van der Waals surface area contributed by atoms with E-state index in [9.17, 15) is 9.18 Å². The van der Waals surface area contributed by atoms with Gasteiger partial charge in [-0.1, -0.05) is 0 Å². The molecule has 0 amide bonds. The summed E-state index contributed by atoms with van der Waals surface area (Å²) >= 11 is 0. The molecule has 0 unspecified atom stereocenters. The summed E-state index contributed by atoms with van der Waals surface area (Å²) in [5, 5.41) is 0. The molecule has 0 radical (unpaired) electrons. The number of hydrogen-bond acceptors (Lipinski definition) is 5. The van der Waals surface area contributed by atoms with Crippen LogP contribution in [0.25, 0.3) is 0 Å². The van der Waals surface area contributed by atoms with Gasteiger partial charge in [0.25, 0.3) is 0 Å². The van der Waals surface area contributed by atoms with Crippen molar-refractivity contribution in [2.75, 3.05) is 14.2 Å². The summed E-state index contributed by atoms with van der Waals surface area (Å²) in [6.07, 6.45) is 1.35. The molecule has 0 aliphatic carbocycles. The quantitative estimate of drug-likeness (QED) is 0.792. The number of ether oxygens (including phenoxy) is 3. The number of esters is 1. The smallest absolute Gasteiger partial charge is 0.340 e. The fourth-order valence-electron chi connectivity index (χ4n) is 1.71. The summed E-state index contributed by atoms with van der Waals surface area (Å²) in [6, 6.07) is 7.11. The lowest BCUT2D eigenvalue weighted by Gasteiger charge is -2.09. The topological polar surface area (TPSA) is 57.7 Å². The summed E-state index contributed by atoms with van der Waals surface area (Å²) in [7, 11) is 2.95. The minimum atomic E-state index is -0.559. The Morgan fingerprint density at radius 3 is 2.62 bits per heavy atom. The van der Waals surface area contributed by atoms with Gasteiger partial charge < -0.3 is 14.2 Å². The van der Waals surface area contributed by atoms with E-state index in [1.54, 1.807) is 6.07 Å². The predicted molar refractivity (Wildman–Crippen MR) is 72.9 cm³/mol. The molecule has 0 spiro atoms. The van der Waals surface area contributed by atoms with Crippen molar-refractivity contribution < 1.29 is 23.4 Å². The second-order valence-corrected chi connectivity index (χ2v) is 4.12. The highest BCUT2D eigenvalue weighted by Gasteiger charge is 2.11. The maximum atomic E-state index is 13.2. The Labute approximate surface area is 121 Å². The number of carbonyl (C=O) groups is 1. The van der Waals surface area contributed by atoms with Crippen LogP contribution < -0.4 is 9.47 Å². The molecular formula is C15H14FNO4. The number of nitrogens with zero attached hydrogens (tertiary/aromatic N) is 1. The fourth-order valence-corrected chi connectivity index (χ4v) is 1.71. The molecule has 1 aromatic carbocycles. The van der Waals surface area contributed by atoms with E-state index in [0.29, 0.717) is 17.2 Å².